The van der Waals surface area contributed by atoms with Gasteiger partial charge in [-0.1, -0.05) is 17.3 Å². The second-order valence-electron chi connectivity index (χ2n) is 4.59. The maximum Gasteiger partial charge on any atom is 0.259 e. The molecule has 0 aliphatic heterocycles. The van der Waals surface area contributed by atoms with Gasteiger partial charge in [0.05, 0.1) is 5.56 Å². The molecule has 0 bridgehead atoms. The fourth-order valence-electron chi connectivity index (χ4n) is 1.84. The summed E-state index contributed by atoms with van der Waals surface area (Å²) in [4.78, 5) is 18.0. The van der Waals surface area contributed by atoms with Gasteiger partial charge in [-0.2, -0.15) is 0 Å². The van der Waals surface area contributed by atoms with Gasteiger partial charge in [0.15, 0.2) is 5.84 Å². The smallest absolute Gasteiger partial charge is 0.259 e. The number of nitrogens with two attached hydrogens (primary N) is 1. The van der Waals surface area contributed by atoms with Crippen LogP contribution >= 0.6 is 0 Å². The number of benzene rings is 1. The summed E-state index contributed by atoms with van der Waals surface area (Å²) in [6, 6.07) is 10.4. The molecule has 0 spiro atoms. The molecule has 108 valence electrons. The van der Waals surface area contributed by atoms with E-state index in [4.69, 9.17) is 10.9 Å². The van der Waals surface area contributed by atoms with Crippen molar-refractivity contribution in [2.24, 2.45) is 10.9 Å². The lowest BCUT2D eigenvalue weighted by atomic mass is 10.1. The van der Waals surface area contributed by atoms with E-state index in [-0.39, 0.29) is 11.7 Å². The zero-order chi connectivity index (χ0) is 15.4. The van der Waals surface area contributed by atoms with Gasteiger partial charge in [-0.15, -0.1) is 0 Å². The number of carbonyl (C=O) groups excluding carboxylic acids is 1. The molecule has 0 unspecified atom stereocenters. The zero-order valence-corrected chi connectivity index (χ0v) is 11.8. The maximum absolute atomic E-state index is 12.4. The quantitative estimate of drug-likeness (QED) is 0.389. The van der Waals surface area contributed by atoms with Crippen molar-refractivity contribution in [3.8, 4) is 0 Å². The number of aromatic nitrogens is 1. The van der Waals surface area contributed by atoms with Gasteiger partial charge in [0.25, 0.3) is 5.91 Å². The molecule has 0 fully saturated rings. The summed E-state index contributed by atoms with van der Waals surface area (Å²) in [7, 11) is 1.66. The number of aryl methyl sites for hydroxylation is 1. The Balaban J connectivity index is 2.29. The molecule has 1 amide bonds. The second-order valence-corrected chi connectivity index (χ2v) is 4.59. The van der Waals surface area contributed by atoms with Crippen LogP contribution < -0.4 is 10.6 Å². The Hall–Kier alpha value is -2.89. The Morgan fingerprint density at radius 3 is 2.67 bits per heavy atom. The lowest BCUT2D eigenvalue weighted by Gasteiger charge is -2.18. The van der Waals surface area contributed by atoms with Crippen molar-refractivity contribution in [1.29, 1.82) is 0 Å². The van der Waals surface area contributed by atoms with Crippen molar-refractivity contribution >= 4 is 17.4 Å². The summed E-state index contributed by atoms with van der Waals surface area (Å²) in [5.41, 5.74) is 8.08. The van der Waals surface area contributed by atoms with Crippen molar-refractivity contribution in [3.05, 3.63) is 59.4 Å². The van der Waals surface area contributed by atoms with Crippen molar-refractivity contribution in [3.63, 3.8) is 0 Å². The number of hydrogen-bond donors (Lipinski definition) is 2. The van der Waals surface area contributed by atoms with Gasteiger partial charge in [0, 0.05) is 30.2 Å². The van der Waals surface area contributed by atoms with Crippen molar-refractivity contribution in [1.82, 2.24) is 4.98 Å². The van der Waals surface area contributed by atoms with Crippen LogP contribution in [-0.4, -0.2) is 29.0 Å². The van der Waals surface area contributed by atoms with Crippen LogP contribution in [0.2, 0.25) is 0 Å². The molecule has 1 heterocycles. The number of amidine groups is 1. The van der Waals surface area contributed by atoms with Crippen LogP contribution in [0.1, 0.15) is 21.6 Å². The van der Waals surface area contributed by atoms with Crippen molar-refractivity contribution in [2.75, 3.05) is 11.9 Å². The van der Waals surface area contributed by atoms with E-state index in [1.165, 1.54) is 4.90 Å². The molecular weight excluding hydrogens is 268 g/mol. The van der Waals surface area contributed by atoms with Crippen LogP contribution in [0.25, 0.3) is 0 Å². The van der Waals surface area contributed by atoms with Crippen LogP contribution in [0.4, 0.5) is 5.69 Å². The molecule has 2 aromatic rings. The number of oxime groups is 1. The van der Waals surface area contributed by atoms with Crippen LogP contribution in [0.5, 0.6) is 0 Å². The third-order valence-corrected chi connectivity index (χ3v) is 3.10. The van der Waals surface area contributed by atoms with Gasteiger partial charge in [0.1, 0.15) is 0 Å². The highest BCUT2D eigenvalue weighted by molar-refractivity contribution is 6.06. The van der Waals surface area contributed by atoms with E-state index in [2.05, 4.69) is 10.1 Å². The van der Waals surface area contributed by atoms with Crippen LogP contribution in [-0.2, 0) is 0 Å². The Labute approximate surface area is 122 Å². The lowest BCUT2D eigenvalue weighted by molar-refractivity contribution is 0.0992. The van der Waals surface area contributed by atoms with Gasteiger partial charge in [-0.3, -0.25) is 9.78 Å². The molecule has 6 nitrogen and oxygen atoms in total. The van der Waals surface area contributed by atoms with Gasteiger partial charge in [0.2, 0.25) is 0 Å². The molecule has 0 atom stereocenters. The minimum absolute atomic E-state index is 0.00491. The molecule has 1 aromatic heterocycles. The Kier molecular flexibility index (Phi) is 4.18. The standard InChI is InChI=1S/C15H16N4O2/c1-10-6-7-12(9-17-10)15(20)19(2)13-5-3-4-11(8-13)14(16)18-21/h3-9,21H,1-2H3,(H2,16,18). The summed E-state index contributed by atoms with van der Waals surface area (Å²) in [5.74, 6) is -0.186. The maximum atomic E-state index is 12.4. The first kappa shape index (κ1) is 14.5. The summed E-state index contributed by atoms with van der Waals surface area (Å²) < 4.78 is 0. The first-order chi connectivity index (χ1) is 10.0. The van der Waals surface area contributed by atoms with E-state index in [1.807, 2.05) is 6.92 Å². The topological polar surface area (TPSA) is 91.8 Å². The number of amides is 1. The van der Waals surface area contributed by atoms with Crippen LogP contribution in [0.15, 0.2) is 47.8 Å². The summed E-state index contributed by atoms with van der Waals surface area (Å²) >= 11 is 0. The van der Waals surface area contributed by atoms with E-state index in [1.54, 1.807) is 49.6 Å². The fourth-order valence-corrected chi connectivity index (χ4v) is 1.84. The van der Waals surface area contributed by atoms with Crippen molar-refractivity contribution in [2.45, 2.75) is 6.92 Å². The second kappa shape index (κ2) is 6.04. The third-order valence-electron chi connectivity index (χ3n) is 3.10. The molecule has 0 saturated carbocycles. The number of pyridine rings is 1. The Bertz CT molecular complexity index is 680. The molecule has 1 aromatic carbocycles. The zero-order valence-electron chi connectivity index (χ0n) is 11.8. The number of carbonyl (C=O) groups is 1. The van der Waals surface area contributed by atoms with Gasteiger partial charge in [-0.05, 0) is 31.2 Å². The molecule has 0 aliphatic rings. The average Bonchev–Trinajstić information content (AvgIpc) is 2.53. The molecule has 21 heavy (non-hydrogen) atoms. The molecule has 0 aliphatic carbocycles. The highest BCUT2D eigenvalue weighted by atomic mass is 16.4. The SMILES string of the molecule is Cc1ccc(C(=O)N(C)c2cccc(C(N)=NO)c2)cn1. The normalized spacial score (nSPS) is 11.2. The lowest BCUT2D eigenvalue weighted by Crippen LogP contribution is -2.26. The van der Waals surface area contributed by atoms with Crippen LogP contribution in [0.3, 0.4) is 0 Å². The minimum Gasteiger partial charge on any atom is -0.409 e. The van der Waals surface area contributed by atoms with Gasteiger partial charge >= 0.3 is 0 Å². The Morgan fingerprint density at radius 2 is 2.05 bits per heavy atom. The van der Waals surface area contributed by atoms with Crippen LogP contribution in [0, 0.1) is 6.92 Å². The summed E-state index contributed by atoms with van der Waals surface area (Å²) in [5, 5.41) is 11.7. The highest BCUT2D eigenvalue weighted by Crippen LogP contribution is 2.17. The third kappa shape index (κ3) is 3.17. The van der Waals surface area contributed by atoms with E-state index in [0.29, 0.717) is 16.8 Å². The molecular formula is C15H16N4O2. The number of nitrogens with zero attached hydrogens (tertiary/aromatic N) is 3. The number of anilines is 1. The molecule has 2 rings (SSSR count). The van der Waals surface area contributed by atoms with E-state index >= 15 is 0 Å². The summed E-state index contributed by atoms with van der Waals surface area (Å²) in [6.45, 7) is 1.86. The first-order valence-corrected chi connectivity index (χ1v) is 6.31. The van der Waals surface area contributed by atoms with Gasteiger partial charge < -0.3 is 15.8 Å². The molecule has 6 heteroatoms. The molecule has 3 N–H and O–H groups in total. The summed E-state index contributed by atoms with van der Waals surface area (Å²) in [6.07, 6.45) is 1.54. The van der Waals surface area contributed by atoms with E-state index in [0.717, 1.165) is 5.69 Å². The van der Waals surface area contributed by atoms with Gasteiger partial charge in [-0.25, -0.2) is 0 Å². The minimum atomic E-state index is -0.181. The predicted octanol–water partition coefficient (Wildman–Crippen LogP) is 1.76. The highest BCUT2D eigenvalue weighted by Gasteiger charge is 2.14. The predicted molar refractivity (Wildman–Crippen MR) is 80.7 cm³/mol. The van der Waals surface area contributed by atoms with E-state index < -0.39 is 0 Å². The molecule has 0 radical (unpaired) electrons. The largest absolute Gasteiger partial charge is 0.409 e. The molecule has 0 saturated heterocycles. The van der Waals surface area contributed by atoms with Crippen molar-refractivity contribution < 1.29 is 10.0 Å². The number of hydrogen-bond acceptors (Lipinski definition) is 4. The van der Waals surface area contributed by atoms with E-state index in [9.17, 15) is 4.79 Å². The first-order valence-electron chi connectivity index (χ1n) is 6.31. The Morgan fingerprint density at radius 1 is 1.29 bits per heavy atom. The number of rotatable bonds is 3. The average molecular weight is 284 g/mol. The monoisotopic (exact) mass is 284 g/mol. The fraction of sp³-hybridized carbons (Fsp3) is 0.133.